The number of ether oxygens (including phenoxy) is 1. The van der Waals surface area contributed by atoms with Crippen molar-refractivity contribution < 1.29 is 9.53 Å². The van der Waals surface area contributed by atoms with Crippen molar-refractivity contribution in [2.75, 3.05) is 12.4 Å². The summed E-state index contributed by atoms with van der Waals surface area (Å²) < 4.78 is 5.32. The second kappa shape index (κ2) is 10.5. The molecule has 3 aromatic rings. The van der Waals surface area contributed by atoms with Gasteiger partial charge < -0.3 is 10.1 Å². The first-order valence-corrected chi connectivity index (χ1v) is 12.6. The summed E-state index contributed by atoms with van der Waals surface area (Å²) in [5, 5.41) is 3.09. The zero-order chi connectivity index (χ0) is 23.3. The number of rotatable bonds is 7. The number of nitrogens with one attached hydrogen (secondary N) is 1. The van der Waals surface area contributed by atoms with Crippen molar-refractivity contribution in [1.29, 1.82) is 0 Å². The topological polar surface area (TPSA) is 64.1 Å². The highest BCUT2D eigenvalue weighted by Gasteiger charge is 2.24. The van der Waals surface area contributed by atoms with E-state index in [0.717, 1.165) is 54.2 Å². The van der Waals surface area contributed by atoms with E-state index < -0.39 is 0 Å². The van der Waals surface area contributed by atoms with Gasteiger partial charge in [0.15, 0.2) is 5.82 Å². The van der Waals surface area contributed by atoms with Crippen LogP contribution in [0.15, 0.2) is 48.5 Å². The number of hydrogen-bond acceptors (Lipinski definition) is 4. The van der Waals surface area contributed by atoms with E-state index in [1.165, 1.54) is 43.2 Å². The molecule has 5 heteroatoms. The number of methoxy groups -OCH3 is 1. The van der Waals surface area contributed by atoms with Gasteiger partial charge in [-0.2, -0.15) is 0 Å². The number of carbonyl (C=O) groups excluding carboxylic acids is 1. The summed E-state index contributed by atoms with van der Waals surface area (Å²) in [6, 6.07) is 15.8. The van der Waals surface area contributed by atoms with Gasteiger partial charge in [-0.15, -0.1) is 0 Å². The molecule has 2 aliphatic carbocycles. The SMILES string of the molecule is COCc1ccc2c(c1)CCc1nc(NC(=O)c3ccccc3)c(CCC3CCCCC3)nc1-2. The lowest BCUT2D eigenvalue weighted by Crippen LogP contribution is -2.19. The van der Waals surface area contributed by atoms with Crippen molar-refractivity contribution in [3.8, 4) is 11.3 Å². The molecule has 2 aliphatic rings. The predicted octanol–water partition coefficient (Wildman–Crippen LogP) is 6.15. The molecule has 34 heavy (non-hydrogen) atoms. The summed E-state index contributed by atoms with van der Waals surface area (Å²) in [5.74, 6) is 1.24. The lowest BCUT2D eigenvalue weighted by Gasteiger charge is -2.24. The van der Waals surface area contributed by atoms with E-state index in [2.05, 4.69) is 23.5 Å². The fourth-order valence-corrected chi connectivity index (χ4v) is 5.35. The van der Waals surface area contributed by atoms with Crippen molar-refractivity contribution in [1.82, 2.24) is 9.97 Å². The maximum Gasteiger partial charge on any atom is 0.256 e. The molecule has 5 rings (SSSR count). The van der Waals surface area contributed by atoms with Crippen LogP contribution in [0.25, 0.3) is 11.3 Å². The van der Waals surface area contributed by atoms with Gasteiger partial charge in [0, 0.05) is 18.2 Å². The maximum absolute atomic E-state index is 12.9. The molecule has 1 fully saturated rings. The van der Waals surface area contributed by atoms with E-state index in [-0.39, 0.29) is 5.91 Å². The van der Waals surface area contributed by atoms with Crippen LogP contribution in [0.2, 0.25) is 0 Å². The molecule has 1 saturated carbocycles. The minimum Gasteiger partial charge on any atom is -0.380 e. The Morgan fingerprint density at radius 3 is 2.65 bits per heavy atom. The molecule has 0 saturated heterocycles. The smallest absolute Gasteiger partial charge is 0.256 e. The maximum atomic E-state index is 12.9. The molecular formula is C29H33N3O2. The molecule has 0 spiro atoms. The first-order chi connectivity index (χ1) is 16.7. The molecule has 1 amide bonds. The quantitative estimate of drug-likeness (QED) is 0.464. The van der Waals surface area contributed by atoms with Crippen molar-refractivity contribution in [2.24, 2.45) is 5.92 Å². The summed E-state index contributed by atoms with van der Waals surface area (Å²) in [4.78, 5) is 23.1. The Morgan fingerprint density at radius 1 is 1.03 bits per heavy atom. The molecule has 1 N–H and O–H groups in total. The molecule has 0 unspecified atom stereocenters. The van der Waals surface area contributed by atoms with Gasteiger partial charge in [0.2, 0.25) is 0 Å². The van der Waals surface area contributed by atoms with Gasteiger partial charge in [-0.1, -0.05) is 68.5 Å². The Kier molecular flexibility index (Phi) is 7.00. The Labute approximate surface area is 202 Å². The number of aryl methyl sites for hydroxylation is 3. The van der Waals surface area contributed by atoms with Crippen LogP contribution in [0.5, 0.6) is 0 Å². The second-order valence-electron chi connectivity index (χ2n) is 9.60. The molecule has 0 bridgehead atoms. The van der Waals surface area contributed by atoms with Gasteiger partial charge in [0.05, 0.1) is 23.7 Å². The van der Waals surface area contributed by atoms with Crippen molar-refractivity contribution in [2.45, 2.75) is 64.4 Å². The lowest BCUT2D eigenvalue weighted by molar-refractivity contribution is 0.102. The molecule has 0 aliphatic heterocycles. The van der Waals surface area contributed by atoms with Gasteiger partial charge in [-0.25, -0.2) is 9.97 Å². The fourth-order valence-electron chi connectivity index (χ4n) is 5.35. The van der Waals surface area contributed by atoms with E-state index in [1.54, 1.807) is 7.11 Å². The third-order valence-corrected chi connectivity index (χ3v) is 7.19. The molecule has 1 aromatic heterocycles. The average Bonchev–Trinajstić information content (AvgIpc) is 2.88. The first kappa shape index (κ1) is 22.7. The van der Waals surface area contributed by atoms with Crippen LogP contribution in [0, 0.1) is 5.92 Å². The van der Waals surface area contributed by atoms with E-state index >= 15 is 0 Å². The van der Waals surface area contributed by atoms with Gasteiger partial charge in [-0.05, 0) is 54.9 Å². The van der Waals surface area contributed by atoms with E-state index in [0.29, 0.717) is 18.0 Å². The summed E-state index contributed by atoms with van der Waals surface area (Å²) in [7, 11) is 1.73. The minimum absolute atomic E-state index is 0.130. The highest BCUT2D eigenvalue weighted by atomic mass is 16.5. The zero-order valence-electron chi connectivity index (χ0n) is 20.0. The van der Waals surface area contributed by atoms with Gasteiger partial charge >= 0.3 is 0 Å². The summed E-state index contributed by atoms with van der Waals surface area (Å²) >= 11 is 0. The number of anilines is 1. The number of benzene rings is 2. The molecule has 1 heterocycles. The molecule has 2 aromatic carbocycles. The van der Waals surface area contributed by atoms with Gasteiger partial charge in [0.1, 0.15) is 0 Å². The number of fused-ring (bicyclic) bond motifs is 3. The highest BCUT2D eigenvalue weighted by Crippen LogP contribution is 2.35. The van der Waals surface area contributed by atoms with Crippen LogP contribution in [0.1, 0.15) is 71.4 Å². The van der Waals surface area contributed by atoms with E-state index in [4.69, 9.17) is 14.7 Å². The number of amides is 1. The average molecular weight is 456 g/mol. The Bertz CT molecular complexity index is 1150. The Hall–Kier alpha value is -3.05. The van der Waals surface area contributed by atoms with Crippen LogP contribution in [0.4, 0.5) is 5.82 Å². The molecular weight excluding hydrogens is 422 g/mol. The Balaban J connectivity index is 1.47. The number of hydrogen-bond donors (Lipinski definition) is 1. The molecule has 0 atom stereocenters. The third kappa shape index (κ3) is 5.05. The third-order valence-electron chi connectivity index (χ3n) is 7.19. The van der Waals surface area contributed by atoms with Gasteiger partial charge in [0.25, 0.3) is 5.91 Å². The molecule has 0 radical (unpaired) electrons. The van der Waals surface area contributed by atoms with Crippen LogP contribution in [-0.2, 0) is 30.6 Å². The van der Waals surface area contributed by atoms with Crippen LogP contribution in [-0.4, -0.2) is 23.0 Å². The van der Waals surface area contributed by atoms with Crippen molar-refractivity contribution >= 4 is 11.7 Å². The van der Waals surface area contributed by atoms with Crippen LogP contribution < -0.4 is 5.32 Å². The van der Waals surface area contributed by atoms with E-state index in [9.17, 15) is 4.79 Å². The second-order valence-corrected chi connectivity index (χ2v) is 9.60. The normalized spacial score (nSPS) is 15.4. The largest absolute Gasteiger partial charge is 0.380 e. The lowest BCUT2D eigenvalue weighted by atomic mass is 9.85. The molecule has 176 valence electrons. The number of nitrogens with zero attached hydrogens (tertiary/aromatic N) is 2. The zero-order valence-corrected chi connectivity index (χ0v) is 20.0. The highest BCUT2D eigenvalue weighted by molar-refractivity contribution is 6.04. The fraction of sp³-hybridized carbons (Fsp3) is 0.414. The predicted molar refractivity (Wildman–Crippen MR) is 135 cm³/mol. The first-order valence-electron chi connectivity index (χ1n) is 12.6. The standard InChI is InChI=1S/C29H33N3O2/c1-34-19-21-12-15-24-23(18-21)14-17-25-27(24)30-26(16-13-20-8-4-2-5-9-20)28(31-25)32-29(33)22-10-6-3-7-11-22/h3,6-7,10-12,15,18,20H,2,4-5,8-9,13-14,16-17,19H2,1H3,(H,31,32,33). The number of carbonyl (C=O) groups is 1. The minimum atomic E-state index is -0.130. The van der Waals surface area contributed by atoms with Gasteiger partial charge in [-0.3, -0.25) is 4.79 Å². The summed E-state index contributed by atoms with van der Waals surface area (Å²) in [5.41, 5.74) is 7.13. The number of aromatic nitrogens is 2. The van der Waals surface area contributed by atoms with Crippen LogP contribution in [0.3, 0.4) is 0 Å². The summed E-state index contributed by atoms with van der Waals surface area (Å²) in [6.07, 6.45) is 10.3. The van der Waals surface area contributed by atoms with Crippen molar-refractivity contribution in [3.63, 3.8) is 0 Å². The Morgan fingerprint density at radius 2 is 1.85 bits per heavy atom. The summed E-state index contributed by atoms with van der Waals surface area (Å²) in [6.45, 7) is 0.614. The van der Waals surface area contributed by atoms with Crippen molar-refractivity contribution in [3.05, 3.63) is 76.6 Å². The van der Waals surface area contributed by atoms with E-state index in [1.807, 2.05) is 30.3 Å². The monoisotopic (exact) mass is 455 g/mol. The molecule has 5 nitrogen and oxygen atoms in total. The van der Waals surface area contributed by atoms with Crippen LogP contribution >= 0.6 is 0 Å².